The summed E-state index contributed by atoms with van der Waals surface area (Å²) >= 11 is 0. The highest BCUT2D eigenvalue weighted by Gasteiger charge is 2.20. The lowest BCUT2D eigenvalue weighted by Gasteiger charge is -2.29. The smallest absolute Gasteiger partial charge is 0.00671 e. The Morgan fingerprint density at radius 3 is 2.71 bits per heavy atom. The molecule has 2 fully saturated rings. The number of hydrogen-bond acceptors (Lipinski definition) is 2. The fourth-order valence-corrected chi connectivity index (χ4v) is 2.89. The molecule has 2 aliphatic rings. The second-order valence-electron chi connectivity index (χ2n) is 5.25. The minimum absolute atomic E-state index is 0.840. The van der Waals surface area contributed by atoms with Gasteiger partial charge in [-0.1, -0.05) is 19.8 Å². The van der Waals surface area contributed by atoms with E-state index in [0.29, 0.717) is 0 Å². The molecule has 2 nitrogen and oxygen atoms in total. The van der Waals surface area contributed by atoms with Crippen molar-refractivity contribution in [3.05, 3.63) is 0 Å². The third-order valence-corrected chi connectivity index (χ3v) is 3.71. The summed E-state index contributed by atoms with van der Waals surface area (Å²) in [6.07, 6.45) is 7.12. The van der Waals surface area contributed by atoms with Gasteiger partial charge in [0.1, 0.15) is 0 Å². The van der Waals surface area contributed by atoms with Gasteiger partial charge in [0.05, 0.1) is 0 Å². The summed E-state index contributed by atoms with van der Waals surface area (Å²) in [7, 11) is 0. The van der Waals surface area contributed by atoms with Crippen LogP contribution in [0.15, 0.2) is 0 Å². The van der Waals surface area contributed by atoms with E-state index in [4.69, 9.17) is 0 Å². The van der Waals surface area contributed by atoms with Gasteiger partial charge >= 0.3 is 0 Å². The van der Waals surface area contributed by atoms with Crippen molar-refractivity contribution in [2.75, 3.05) is 19.6 Å². The summed E-state index contributed by atoms with van der Waals surface area (Å²) in [6.45, 7) is 6.04. The molecule has 2 heteroatoms. The Balaban J connectivity index is 1.64. The third kappa shape index (κ3) is 2.96. The van der Waals surface area contributed by atoms with Crippen LogP contribution in [0.25, 0.3) is 0 Å². The lowest BCUT2D eigenvalue weighted by molar-refractivity contribution is 0.285. The predicted octanol–water partition coefficient (Wildman–Crippen LogP) is 1.76. The molecule has 0 spiro atoms. The lowest BCUT2D eigenvalue weighted by atomic mass is 9.91. The summed E-state index contributed by atoms with van der Waals surface area (Å²) in [5.41, 5.74) is 0. The Labute approximate surface area is 87.8 Å². The molecule has 82 valence electrons. The first kappa shape index (κ1) is 10.4. The lowest BCUT2D eigenvalue weighted by Crippen LogP contribution is -2.41. The molecule has 14 heavy (non-hydrogen) atoms. The van der Waals surface area contributed by atoms with Gasteiger partial charge in [0.2, 0.25) is 0 Å². The first-order valence-corrected chi connectivity index (χ1v) is 6.28. The Kier molecular flexibility index (Phi) is 3.82. The van der Waals surface area contributed by atoms with E-state index in [1.165, 1.54) is 51.7 Å². The van der Waals surface area contributed by atoms with Gasteiger partial charge in [0.15, 0.2) is 0 Å². The molecule has 0 aromatic carbocycles. The van der Waals surface area contributed by atoms with Crippen LogP contribution < -0.4 is 10.6 Å². The highest BCUT2D eigenvalue weighted by atomic mass is 14.9. The predicted molar refractivity (Wildman–Crippen MR) is 60.4 cm³/mol. The van der Waals surface area contributed by atoms with Gasteiger partial charge in [-0.15, -0.1) is 0 Å². The van der Waals surface area contributed by atoms with E-state index >= 15 is 0 Å². The molecular weight excluding hydrogens is 172 g/mol. The molecule has 1 aliphatic carbocycles. The van der Waals surface area contributed by atoms with E-state index in [2.05, 4.69) is 17.6 Å². The van der Waals surface area contributed by atoms with E-state index in [1.807, 2.05) is 0 Å². The average molecular weight is 196 g/mol. The summed E-state index contributed by atoms with van der Waals surface area (Å²) in [4.78, 5) is 0. The molecule has 1 saturated heterocycles. The zero-order chi connectivity index (χ0) is 9.80. The zero-order valence-electron chi connectivity index (χ0n) is 9.39. The second-order valence-corrected chi connectivity index (χ2v) is 5.25. The maximum absolute atomic E-state index is 3.73. The van der Waals surface area contributed by atoms with Gasteiger partial charge in [-0.3, -0.25) is 0 Å². The SMILES string of the molecule is CC1CNCC(CNC2CCCC2)C1. The quantitative estimate of drug-likeness (QED) is 0.719. The highest BCUT2D eigenvalue weighted by Crippen LogP contribution is 2.19. The molecule has 1 heterocycles. The molecule has 0 radical (unpaired) electrons. The monoisotopic (exact) mass is 196 g/mol. The molecule has 1 aliphatic heterocycles. The van der Waals surface area contributed by atoms with Crippen LogP contribution in [0.2, 0.25) is 0 Å². The van der Waals surface area contributed by atoms with Crippen LogP contribution in [0.4, 0.5) is 0 Å². The standard InChI is InChI=1S/C12H24N2/c1-10-6-11(8-13-7-10)9-14-12-4-2-3-5-12/h10-14H,2-9H2,1H3. The second kappa shape index (κ2) is 5.13. The van der Waals surface area contributed by atoms with Crippen molar-refractivity contribution < 1.29 is 0 Å². The normalized spacial score (nSPS) is 34.9. The van der Waals surface area contributed by atoms with Gasteiger partial charge < -0.3 is 10.6 Å². The summed E-state index contributed by atoms with van der Waals surface area (Å²) in [5.74, 6) is 1.75. The Bertz CT molecular complexity index is 164. The van der Waals surface area contributed by atoms with E-state index in [0.717, 1.165) is 17.9 Å². The van der Waals surface area contributed by atoms with E-state index in [-0.39, 0.29) is 0 Å². The minimum Gasteiger partial charge on any atom is -0.316 e. The summed E-state index contributed by atoms with van der Waals surface area (Å²) in [6, 6.07) is 0.840. The molecule has 0 aromatic heterocycles. The molecule has 2 N–H and O–H groups in total. The zero-order valence-corrected chi connectivity index (χ0v) is 9.39. The summed E-state index contributed by atoms with van der Waals surface area (Å²) in [5, 5.41) is 7.25. The molecule has 0 amide bonds. The molecule has 1 saturated carbocycles. The van der Waals surface area contributed by atoms with Gasteiger partial charge in [0, 0.05) is 6.04 Å². The molecule has 2 rings (SSSR count). The van der Waals surface area contributed by atoms with Crippen molar-refractivity contribution >= 4 is 0 Å². The van der Waals surface area contributed by atoms with Crippen LogP contribution in [0, 0.1) is 11.8 Å². The Morgan fingerprint density at radius 2 is 2.00 bits per heavy atom. The first-order valence-electron chi connectivity index (χ1n) is 6.28. The highest BCUT2D eigenvalue weighted by molar-refractivity contribution is 4.79. The summed E-state index contributed by atoms with van der Waals surface area (Å²) < 4.78 is 0. The first-order chi connectivity index (χ1) is 6.84. The van der Waals surface area contributed by atoms with Crippen molar-refractivity contribution in [1.29, 1.82) is 0 Å². The fourth-order valence-electron chi connectivity index (χ4n) is 2.89. The third-order valence-electron chi connectivity index (χ3n) is 3.71. The van der Waals surface area contributed by atoms with E-state index < -0.39 is 0 Å². The number of rotatable bonds is 3. The number of nitrogens with one attached hydrogen (secondary N) is 2. The molecule has 2 unspecified atom stereocenters. The van der Waals surface area contributed by atoms with Crippen LogP contribution in [0.1, 0.15) is 39.0 Å². The fraction of sp³-hybridized carbons (Fsp3) is 1.00. The van der Waals surface area contributed by atoms with Crippen LogP contribution in [0.3, 0.4) is 0 Å². The Morgan fingerprint density at radius 1 is 1.21 bits per heavy atom. The molecule has 0 bridgehead atoms. The maximum Gasteiger partial charge on any atom is 0.00671 e. The number of hydrogen-bond donors (Lipinski definition) is 2. The Hall–Kier alpha value is -0.0800. The average Bonchev–Trinajstić information content (AvgIpc) is 2.67. The van der Waals surface area contributed by atoms with Crippen molar-refractivity contribution in [1.82, 2.24) is 10.6 Å². The van der Waals surface area contributed by atoms with Crippen molar-refractivity contribution in [2.45, 2.75) is 45.1 Å². The minimum atomic E-state index is 0.840. The molecule has 0 aromatic rings. The van der Waals surface area contributed by atoms with Crippen molar-refractivity contribution in [3.8, 4) is 0 Å². The van der Waals surface area contributed by atoms with Crippen LogP contribution >= 0.6 is 0 Å². The van der Waals surface area contributed by atoms with E-state index in [1.54, 1.807) is 0 Å². The maximum atomic E-state index is 3.73. The van der Waals surface area contributed by atoms with Gasteiger partial charge in [-0.2, -0.15) is 0 Å². The van der Waals surface area contributed by atoms with Gasteiger partial charge in [-0.25, -0.2) is 0 Å². The van der Waals surface area contributed by atoms with Crippen LogP contribution in [0.5, 0.6) is 0 Å². The van der Waals surface area contributed by atoms with Gasteiger partial charge in [0.25, 0.3) is 0 Å². The topological polar surface area (TPSA) is 24.1 Å². The van der Waals surface area contributed by atoms with Crippen molar-refractivity contribution in [3.63, 3.8) is 0 Å². The molecular formula is C12H24N2. The van der Waals surface area contributed by atoms with Gasteiger partial charge in [-0.05, 0) is 50.7 Å². The van der Waals surface area contributed by atoms with E-state index in [9.17, 15) is 0 Å². The largest absolute Gasteiger partial charge is 0.316 e. The van der Waals surface area contributed by atoms with Crippen LogP contribution in [-0.2, 0) is 0 Å². The van der Waals surface area contributed by atoms with Crippen LogP contribution in [-0.4, -0.2) is 25.7 Å². The van der Waals surface area contributed by atoms with Crippen molar-refractivity contribution in [2.24, 2.45) is 11.8 Å². The molecule has 2 atom stereocenters. The number of piperidine rings is 1.